The zero-order valence-corrected chi connectivity index (χ0v) is 33.0. The summed E-state index contributed by atoms with van der Waals surface area (Å²) in [6, 6.07) is 82.2. The van der Waals surface area contributed by atoms with Crippen molar-refractivity contribution in [2.75, 3.05) is 9.80 Å². The molecular weight excluding hydrogens is 720 g/mol. The van der Waals surface area contributed by atoms with Crippen molar-refractivity contribution in [2.24, 2.45) is 0 Å². The first-order valence-electron chi connectivity index (χ1n) is 21.3. The van der Waals surface area contributed by atoms with Crippen molar-refractivity contribution in [1.29, 1.82) is 0 Å². The van der Waals surface area contributed by atoms with Crippen LogP contribution in [0.15, 0.2) is 218 Å². The molecule has 0 unspecified atom stereocenters. The molecule has 4 aliphatic rings. The Morgan fingerprint density at radius 1 is 0.217 bits per heavy atom. The second-order valence-electron chi connectivity index (χ2n) is 16.6. The summed E-state index contributed by atoms with van der Waals surface area (Å²) < 4.78 is 0. The van der Waals surface area contributed by atoms with Crippen LogP contribution in [0.2, 0.25) is 0 Å². The molecule has 0 amide bonds. The predicted octanol–water partition coefficient (Wildman–Crippen LogP) is 3.94. The quantitative estimate of drug-likeness (QED) is 0.252. The van der Waals surface area contributed by atoms with Gasteiger partial charge < -0.3 is 9.80 Å². The van der Waals surface area contributed by atoms with Crippen molar-refractivity contribution in [3.8, 4) is 0 Å². The van der Waals surface area contributed by atoms with Gasteiger partial charge in [0.2, 0.25) is 26.9 Å². The molecule has 9 aromatic rings. The summed E-state index contributed by atoms with van der Waals surface area (Å²) in [5, 5.41) is 0. The maximum atomic E-state index is 2.67. The lowest BCUT2D eigenvalue weighted by molar-refractivity contribution is 1.28. The molecule has 4 aliphatic heterocycles. The fourth-order valence-electron chi connectivity index (χ4n) is 11.5. The molecule has 0 aromatic heterocycles. The average molecular weight is 756 g/mol. The van der Waals surface area contributed by atoms with Gasteiger partial charge >= 0.3 is 0 Å². The zero-order chi connectivity index (χ0) is 39.3. The highest BCUT2D eigenvalue weighted by Crippen LogP contribution is 2.42. The van der Waals surface area contributed by atoms with Crippen LogP contribution in [0.25, 0.3) is 0 Å². The molecule has 2 nitrogen and oxygen atoms in total. The number of hydrogen-bond donors (Lipinski definition) is 0. The first kappa shape index (κ1) is 33.8. The summed E-state index contributed by atoms with van der Waals surface area (Å²) in [4.78, 5) is 5.33. The Morgan fingerprint density at radius 2 is 0.417 bits per heavy atom. The largest absolute Gasteiger partial charge is 0.313 e. The van der Waals surface area contributed by atoms with E-state index in [-0.39, 0.29) is 26.9 Å². The molecule has 0 atom stereocenters. The number of anilines is 6. The van der Waals surface area contributed by atoms with E-state index in [1.807, 2.05) is 0 Å². The third-order valence-electron chi connectivity index (χ3n) is 13.7. The van der Waals surface area contributed by atoms with Crippen LogP contribution >= 0.6 is 0 Å². The Balaban J connectivity index is 1.31. The smallest absolute Gasteiger partial charge is 0.246 e. The van der Waals surface area contributed by atoms with Crippen LogP contribution in [-0.2, 0) is 0 Å². The minimum Gasteiger partial charge on any atom is -0.313 e. The van der Waals surface area contributed by atoms with Gasteiger partial charge in [0, 0.05) is 34.1 Å². The molecular formula is C54H36B4N2. The van der Waals surface area contributed by atoms with E-state index in [1.54, 1.807) is 0 Å². The second kappa shape index (κ2) is 13.2. The third-order valence-corrected chi connectivity index (χ3v) is 13.7. The van der Waals surface area contributed by atoms with Gasteiger partial charge in [0.1, 0.15) is 0 Å². The van der Waals surface area contributed by atoms with E-state index < -0.39 is 0 Å². The van der Waals surface area contributed by atoms with E-state index in [9.17, 15) is 0 Å². The molecule has 0 N–H and O–H groups in total. The van der Waals surface area contributed by atoms with E-state index >= 15 is 0 Å². The van der Waals surface area contributed by atoms with Crippen LogP contribution in [0.4, 0.5) is 34.1 Å². The molecule has 9 aromatic carbocycles. The van der Waals surface area contributed by atoms with Crippen LogP contribution < -0.4 is 75.4 Å². The van der Waals surface area contributed by atoms with Crippen LogP contribution in [0.5, 0.6) is 0 Å². The van der Waals surface area contributed by atoms with Gasteiger partial charge in [-0.15, -0.1) is 0 Å². The van der Waals surface area contributed by atoms with Crippen LogP contribution in [0.1, 0.15) is 0 Å². The lowest BCUT2D eigenvalue weighted by Crippen LogP contribution is -2.78. The van der Waals surface area contributed by atoms with Gasteiger partial charge in [-0.25, -0.2) is 0 Å². The van der Waals surface area contributed by atoms with Gasteiger partial charge in [0.05, 0.1) is 0 Å². The Bertz CT molecular complexity index is 2720. The number of benzene rings is 9. The van der Waals surface area contributed by atoms with E-state index in [0.717, 1.165) is 0 Å². The van der Waals surface area contributed by atoms with E-state index in [1.165, 1.54) is 99.7 Å². The Kier molecular flexibility index (Phi) is 7.42. The SMILES string of the molecule is c1ccc(B2c3ccccc3N3c4ccccc4B(c4ccccc4)c4c5c6c(c2c43)B(c2ccccc2)c2ccccc2N6c2ccccc2B5c2ccccc2)cc1. The zero-order valence-electron chi connectivity index (χ0n) is 33.0. The molecule has 4 heterocycles. The topological polar surface area (TPSA) is 6.48 Å². The predicted molar refractivity (Wildman–Crippen MR) is 260 cm³/mol. The molecule has 13 rings (SSSR count). The summed E-state index contributed by atoms with van der Waals surface area (Å²) in [5.74, 6) is 0. The third kappa shape index (κ3) is 4.65. The number of hydrogen-bond acceptors (Lipinski definition) is 2. The number of para-hydroxylation sites is 4. The lowest BCUT2D eigenvalue weighted by atomic mass is 9.21. The van der Waals surface area contributed by atoms with Crippen LogP contribution in [0, 0.1) is 0 Å². The second-order valence-corrected chi connectivity index (χ2v) is 16.6. The monoisotopic (exact) mass is 756 g/mol. The summed E-state index contributed by atoms with van der Waals surface area (Å²) in [6.07, 6.45) is 0. The highest BCUT2D eigenvalue weighted by atomic mass is 15.2. The van der Waals surface area contributed by atoms with Gasteiger partial charge in [-0.3, -0.25) is 0 Å². The van der Waals surface area contributed by atoms with Crippen molar-refractivity contribution in [3.63, 3.8) is 0 Å². The minimum absolute atomic E-state index is 0.0138. The van der Waals surface area contributed by atoms with Gasteiger partial charge in [-0.05, 0) is 68.0 Å². The molecule has 0 bridgehead atoms. The molecule has 0 aliphatic carbocycles. The number of fused-ring (bicyclic) bond motifs is 10. The molecule has 0 spiro atoms. The fourth-order valence-corrected chi connectivity index (χ4v) is 11.5. The van der Waals surface area contributed by atoms with Crippen LogP contribution in [-0.4, -0.2) is 26.9 Å². The Hall–Kier alpha value is -7.16. The molecule has 274 valence electrons. The van der Waals surface area contributed by atoms with Crippen molar-refractivity contribution >= 4 is 127 Å². The Morgan fingerprint density at radius 3 is 0.650 bits per heavy atom. The van der Waals surface area contributed by atoms with Crippen LogP contribution in [0.3, 0.4) is 0 Å². The molecule has 0 saturated heterocycles. The maximum absolute atomic E-state index is 2.67. The summed E-state index contributed by atoms with van der Waals surface area (Å²) >= 11 is 0. The first-order valence-corrected chi connectivity index (χ1v) is 21.3. The standard InChI is InChI=1S/C54H36B4N2/c1-5-21-37(22-6-1)55-41-29-13-17-33-45(41)59-46-34-18-15-31-43(46)57(39-25-9-3-10-26-39)51-52-54-50(49(55)53(51)59)56(38-23-7-2-8-24-38)42-30-14-19-35-47(42)60(54)48-36-20-16-32-44(48)58(52)40-27-11-4-12-28-40/h1-36H. The normalized spacial score (nSPS) is 13.8. The number of rotatable bonds is 4. The summed E-state index contributed by atoms with van der Waals surface area (Å²) in [6.45, 7) is -0.0553. The average Bonchev–Trinajstić information content (AvgIpc) is 3.33. The van der Waals surface area contributed by atoms with E-state index in [4.69, 9.17) is 0 Å². The van der Waals surface area contributed by atoms with Gasteiger partial charge in [-0.1, -0.05) is 216 Å². The summed E-state index contributed by atoms with van der Waals surface area (Å²) in [5.41, 5.74) is 23.9. The molecule has 0 fully saturated rings. The van der Waals surface area contributed by atoms with Crippen molar-refractivity contribution in [2.45, 2.75) is 0 Å². The molecule has 0 saturated carbocycles. The minimum atomic E-state index is -0.0138. The van der Waals surface area contributed by atoms with Crippen molar-refractivity contribution in [3.05, 3.63) is 218 Å². The Labute approximate surface area is 353 Å². The van der Waals surface area contributed by atoms with E-state index in [2.05, 4.69) is 228 Å². The highest BCUT2D eigenvalue weighted by Gasteiger charge is 2.53. The van der Waals surface area contributed by atoms with Crippen molar-refractivity contribution < 1.29 is 0 Å². The van der Waals surface area contributed by atoms with Gasteiger partial charge in [0.25, 0.3) is 0 Å². The number of nitrogens with zero attached hydrogens (tertiary/aromatic N) is 2. The fraction of sp³-hybridized carbons (Fsp3) is 0. The highest BCUT2D eigenvalue weighted by molar-refractivity contribution is 7.12. The molecule has 6 heteroatoms. The van der Waals surface area contributed by atoms with E-state index in [0.29, 0.717) is 0 Å². The molecule has 0 radical (unpaired) electrons. The van der Waals surface area contributed by atoms with Gasteiger partial charge in [0.15, 0.2) is 0 Å². The first-order chi connectivity index (χ1) is 29.9. The lowest BCUT2D eigenvalue weighted by Gasteiger charge is -2.51. The molecule has 60 heavy (non-hydrogen) atoms. The maximum Gasteiger partial charge on any atom is 0.246 e. The summed E-state index contributed by atoms with van der Waals surface area (Å²) in [7, 11) is 0. The van der Waals surface area contributed by atoms with Gasteiger partial charge in [-0.2, -0.15) is 0 Å². The van der Waals surface area contributed by atoms with Crippen molar-refractivity contribution in [1.82, 2.24) is 0 Å².